The fraction of sp³-hybridized carbons (Fsp3) is 0.571. The van der Waals surface area contributed by atoms with E-state index in [1.165, 1.54) is 14.2 Å². The third-order valence-electron chi connectivity index (χ3n) is 3.06. The van der Waals surface area contributed by atoms with Gasteiger partial charge in [0.05, 0.1) is 0 Å². The van der Waals surface area contributed by atoms with Gasteiger partial charge in [0.25, 0.3) is 0 Å². The second kappa shape index (κ2) is 7.93. The Balaban J connectivity index is 2.68. The van der Waals surface area contributed by atoms with Crippen LogP contribution in [0.25, 0.3) is 0 Å². The fourth-order valence-corrected chi connectivity index (χ4v) is 4.27. The average molecular weight is 322 g/mol. The first kappa shape index (κ1) is 18.2. The number of aryl methyl sites for hydroxylation is 1. The molecule has 3 nitrogen and oxygen atoms in total. The van der Waals surface area contributed by atoms with Crippen molar-refractivity contribution in [3.05, 3.63) is 35.1 Å². The van der Waals surface area contributed by atoms with Crippen LogP contribution in [0.5, 0.6) is 0 Å². The Bertz CT molecular complexity index is 465. The Hall–Kier alpha value is -0.893. The average Bonchev–Trinajstić information content (AvgIpc) is 2.42. The molecule has 0 aromatic heterocycles. The lowest BCUT2D eigenvalue weighted by molar-refractivity contribution is 0.0695. The van der Waals surface area contributed by atoms with Crippen molar-refractivity contribution in [1.82, 2.24) is 0 Å². The first-order valence-electron chi connectivity index (χ1n) is 6.75. The minimum Gasteiger partial charge on any atom is -0.377 e. The quantitative estimate of drug-likeness (QED) is 0.539. The summed E-state index contributed by atoms with van der Waals surface area (Å²) in [6.07, 6.45) is 0.686. The molecule has 0 saturated carbocycles. The van der Waals surface area contributed by atoms with Crippen molar-refractivity contribution in [2.24, 2.45) is 0 Å². The van der Waals surface area contributed by atoms with E-state index in [1.54, 1.807) is 0 Å². The Labute approximate surface area is 124 Å². The van der Waals surface area contributed by atoms with Gasteiger partial charge in [-0.1, -0.05) is 0 Å². The van der Waals surface area contributed by atoms with Crippen LogP contribution in [0.2, 0.25) is 6.04 Å². The lowest BCUT2D eigenvalue weighted by atomic mass is 10.1. The summed E-state index contributed by atoms with van der Waals surface area (Å²) >= 11 is 0. The van der Waals surface area contributed by atoms with Gasteiger partial charge in [0, 0.05) is 32.4 Å². The van der Waals surface area contributed by atoms with E-state index < -0.39 is 26.3 Å². The molecule has 0 saturated heterocycles. The zero-order chi connectivity index (χ0) is 16.0. The van der Waals surface area contributed by atoms with E-state index in [2.05, 4.69) is 0 Å². The Morgan fingerprint density at radius 3 is 2.10 bits per heavy atom. The predicted octanol–water partition coefficient (Wildman–Crippen LogP) is 3.69. The summed E-state index contributed by atoms with van der Waals surface area (Å²) in [4.78, 5) is 0. The minimum atomic E-state index is -2.79. The summed E-state index contributed by atoms with van der Waals surface area (Å²) in [7, 11) is 0.228. The van der Waals surface area contributed by atoms with Crippen LogP contribution in [0.15, 0.2) is 12.1 Å². The normalized spacial score (nSPS) is 12.2. The van der Waals surface area contributed by atoms with E-state index in [0.717, 1.165) is 6.07 Å². The monoisotopic (exact) mass is 322 g/mol. The van der Waals surface area contributed by atoms with Gasteiger partial charge in [-0.2, -0.15) is 0 Å². The zero-order valence-corrected chi connectivity index (χ0v) is 13.7. The van der Waals surface area contributed by atoms with Crippen LogP contribution in [0.3, 0.4) is 0 Å². The van der Waals surface area contributed by atoms with Crippen LogP contribution in [-0.2, 0) is 19.7 Å². The number of hydrogen-bond donors (Lipinski definition) is 0. The standard InChI is InChI=1S/C14H21F3O3Si/c1-10(2)20-21(18-3,19-4)7-5-6-11-8-13(16)14(17)9-12(11)15/h8-10H,5-7H2,1-4H3. The number of halogens is 3. The zero-order valence-electron chi connectivity index (χ0n) is 12.7. The van der Waals surface area contributed by atoms with E-state index in [4.69, 9.17) is 13.3 Å². The summed E-state index contributed by atoms with van der Waals surface area (Å²) in [6, 6.07) is 1.92. The molecule has 0 heterocycles. The number of benzene rings is 1. The van der Waals surface area contributed by atoms with Crippen LogP contribution in [0.4, 0.5) is 13.2 Å². The molecule has 0 amide bonds. The van der Waals surface area contributed by atoms with Crippen molar-refractivity contribution in [3.63, 3.8) is 0 Å². The lowest BCUT2D eigenvalue weighted by Gasteiger charge is -2.28. The third kappa shape index (κ3) is 5.10. The first-order valence-corrected chi connectivity index (χ1v) is 8.68. The van der Waals surface area contributed by atoms with Gasteiger partial charge >= 0.3 is 8.80 Å². The van der Waals surface area contributed by atoms with E-state index in [9.17, 15) is 13.2 Å². The van der Waals surface area contributed by atoms with Gasteiger partial charge in [0.15, 0.2) is 11.6 Å². The first-order chi connectivity index (χ1) is 9.83. The number of hydrogen-bond acceptors (Lipinski definition) is 3. The molecule has 21 heavy (non-hydrogen) atoms. The maximum atomic E-state index is 13.5. The maximum absolute atomic E-state index is 13.5. The molecular formula is C14H21F3O3Si. The van der Waals surface area contributed by atoms with E-state index in [1.807, 2.05) is 13.8 Å². The predicted molar refractivity (Wildman–Crippen MR) is 75.4 cm³/mol. The highest BCUT2D eigenvalue weighted by Gasteiger charge is 2.39. The van der Waals surface area contributed by atoms with Gasteiger partial charge < -0.3 is 13.3 Å². The molecule has 0 bridgehead atoms. The molecule has 0 radical (unpaired) electrons. The van der Waals surface area contributed by atoms with Gasteiger partial charge in [-0.05, 0) is 38.3 Å². The SMILES string of the molecule is CO[Si](CCCc1cc(F)c(F)cc1F)(OC)OC(C)C. The lowest BCUT2D eigenvalue weighted by Crippen LogP contribution is -2.45. The highest BCUT2D eigenvalue weighted by molar-refractivity contribution is 6.60. The highest BCUT2D eigenvalue weighted by Crippen LogP contribution is 2.21. The molecule has 0 fully saturated rings. The molecule has 1 aromatic rings. The number of rotatable bonds is 8. The maximum Gasteiger partial charge on any atom is 0.500 e. The summed E-state index contributed by atoms with van der Waals surface area (Å²) in [5.74, 6) is -2.98. The van der Waals surface area contributed by atoms with Crippen LogP contribution < -0.4 is 0 Å². The smallest absolute Gasteiger partial charge is 0.377 e. The second-order valence-corrected chi connectivity index (χ2v) is 7.89. The van der Waals surface area contributed by atoms with Gasteiger partial charge in [0.2, 0.25) is 0 Å². The van der Waals surface area contributed by atoms with Crippen molar-refractivity contribution in [2.75, 3.05) is 14.2 Å². The molecule has 7 heteroatoms. The summed E-state index contributed by atoms with van der Waals surface area (Å²) in [5.41, 5.74) is 0.133. The van der Waals surface area contributed by atoms with Crippen molar-refractivity contribution in [2.45, 2.75) is 38.8 Å². The van der Waals surface area contributed by atoms with Crippen LogP contribution in [0.1, 0.15) is 25.8 Å². The van der Waals surface area contributed by atoms with Gasteiger partial charge in [0.1, 0.15) is 5.82 Å². The third-order valence-corrected chi connectivity index (χ3v) is 6.10. The van der Waals surface area contributed by atoms with E-state index >= 15 is 0 Å². The Kier molecular flexibility index (Phi) is 6.86. The molecule has 1 rings (SSSR count). The molecular weight excluding hydrogens is 301 g/mol. The van der Waals surface area contributed by atoms with E-state index in [-0.39, 0.29) is 18.1 Å². The molecule has 0 N–H and O–H groups in total. The topological polar surface area (TPSA) is 27.7 Å². The van der Waals surface area contributed by atoms with Crippen molar-refractivity contribution in [1.29, 1.82) is 0 Å². The van der Waals surface area contributed by atoms with Crippen molar-refractivity contribution < 1.29 is 26.4 Å². The molecule has 0 atom stereocenters. The van der Waals surface area contributed by atoms with Gasteiger partial charge in [-0.25, -0.2) is 13.2 Å². The van der Waals surface area contributed by atoms with Gasteiger partial charge in [-0.15, -0.1) is 0 Å². The molecule has 0 unspecified atom stereocenters. The summed E-state index contributed by atoms with van der Waals surface area (Å²) in [5, 5.41) is 0. The largest absolute Gasteiger partial charge is 0.500 e. The second-order valence-electron chi connectivity index (χ2n) is 4.97. The Morgan fingerprint density at radius 1 is 1.00 bits per heavy atom. The summed E-state index contributed by atoms with van der Waals surface area (Å²) in [6.45, 7) is 3.74. The molecule has 0 aliphatic rings. The van der Waals surface area contributed by atoms with Gasteiger partial charge in [-0.3, -0.25) is 0 Å². The molecule has 120 valence electrons. The highest BCUT2D eigenvalue weighted by atomic mass is 28.4. The molecule has 1 aromatic carbocycles. The summed E-state index contributed by atoms with van der Waals surface area (Å²) < 4.78 is 56.0. The fourth-order valence-electron chi connectivity index (χ4n) is 2.05. The van der Waals surface area contributed by atoms with Crippen LogP contribution in [-0.4, -0.2) is 29.1 Å². The van der Waals surface area contributed by atoms with Crippen LogP contribution in [0, 0.1) is 17.5 Å². The van der Waals surface area contributed by atoms with Crippen LogP contribution >= 0.6 is 0 Å². The molecule has 0 aliphatic carbocycles. The molecule has 0 aliphatic heterocycles. The van der Waals surface area contributed by atoms with Crippen molar-refractivity contribution in [3.8, 4) is 0 Å². The minimum absolute atomic E-state index is 0.0587. The van der Waals surface area contributed by atoms with Crippen molar-refractivity contribution >= 4 is 8.80 Å². The van der Waals surface area contributed by atoms with E-state index in [0.29, 0.717) is 18.5 Å². The Morgan fingerprint density at radius 2 is 1.57 bits per heavy atom. The molecule has 0 spiro atoms.